The van der Waals surface area contributed by atoms with E-state index in [0.29, 0.717) is 0 Å². The Balaban J connectivity index is 1.31. The monoisotopic (exact) mass is 580 g/mol. The Morgan fingerprint density at radius 1 is 0.239 bits per heavy atom. The molecule has 0 unspecified atom stereocenters. The SMILES string of the molecule is c1ccc(-c2cccc(-c3ccc(-c4c5ccccc5c5c6cccc7cccc(c8cccc4c85)c76)c4ccccc34)c2)cc1. The fraction of sp³-hybridized carbons (Fsp3) is 0. The molecule has 10 aromatic rings. The summed E-state index contributed by atoms with van der Waals surface area (Å²) in [5, 5.41) is 15.8. The lowest BCUT2D eigenvalue weighted by Crippen LogP contribution is -1.93. The molecular formula is C46H28. The minimum absolute atomic E-state index is 1.23. The average Bonchev–Trinajstić information content (AvgIpc) is 3.13. The van der Waals surface area contributed by atoms with Gasteiger partial charge in [0.25, 0.3) is 0 Å². The topological polar surface area (TPSA) is 0 Å². The van der Waals surface area contributed by atoms with Gasteiger partial charge < -0.3 is 0 Å². The van der Waals surface area contributed by atoms with E-state index in [1.54, 1.807) is 0 Å². The average molecular weight is 581 g/mol. The molecule has 0 nitrogen and oxygen atoms in total. The molecule has 0 aromatic heterocycles. The minimum Gasteiger partial charge on any atom is -0.0622 e. The van der Waals surface area contributed by atoms with E-state index in [1.165, 1.54) is 98.0 Å². The normalized spacial score (nSPS) is 11.9. The fourth-order valence-electron chi connectivity index (χ4n) is 8.06. The molecule has 0 N–H and O–H groups in total. The first-order chi connectivity index (χ1) is 22.8. The summed E-state index contributed by atoms with van der Waals surface area (Å²) in [5.74, 6) is 0. The Morgan fingerprint density at radius 2 is 0.717 bits per heavy atom. The van der Waals surface area contributed by atoms with Gasteiger partial charge in [-0.2, -0.15) is 0 Å². The smallest absolute Gasteiger partial charge is 0.00137 e. The van der Waals surface area contributed by atoms with Crippen LogP contribution in [0.4, 0.5) is 0 Å². The molecule has 0 amide bonds. The number of rotatable bonds is 3. The van der Waals surface area contributed by atoms with E-state index in [4.69, 9.17) is 0 Å². The van der Waals surface area contributed by atoms with E-state index < -0.39 is 0 Å². The summed E-state index contributed by atoms with van der Waals surface area (Å²) in [6.45, 7) is 0. The van der Waals surface area contributed by atoms with Crippen LogP contribution in [0.2, 0.25) is 0 Å². The van der Waals surface area contributed by atoms with Gasteiger partial charge in [-0.1, -0.05) is 164 Å². The van der Waals surface area contributed by atoms with Crippen molar-refractivity contribution in [2.24, 2.45) is 0 Å². The van der Waals surface area contributed by atoms with Gasteiger partial charge in [-0.25, -0.2) is 0 Å². The summed E-state index contributed by atoms with van der Waals surface area (Å²) >= 11 is 0. The van der Waals surface area contributed by atoms with Crippen molar-refractivity contribution in [1.29, 1.82) is 0 Å². The highest BCUT2D eigenvalue weighted by Gasteiger charge is 2.21. The van der Waals surface area contributed by atoms with Gasteiger partial charge in [0.15, 0.2) is 0 Å². The molecule has 0 radical (unpaired) electrons. The van der Waals surface area contributed by atoms with E-state index in [0.717, 1.165) is 0 Å². The van der Waals surface area contributed by atoms with Gasteiger partial charge in [0.1, 0.15) is 0 Å². The van der Waals surface area contributed by atoms with E-state index in [9.17, 15) is 0 Å². The zero-order chi connectivity index (χ0) is 30.2. The predicted molar refractivity (Wildman–Crippen MR) is 199 cm³/mol. The van der Waals surface area contributed by atoms with Crippen LogP contribution in [0.3, 0.4) is 0 Å². The maximum Gasteiger partial charge on any atom is -0.00137 e. The highest BCUT2D eigenvalue weighted by Crippen LogP contribution is 2.49. The molecule has 0 heteroatoms. The second-order valence-electron chi connectivity index (χ2n) is 12.4. The number of hydrogen-bond donors (Lipinski definition) is 0. The number of fused-ring (bicyclic) bond motifs is 5. The summed E-state index contributed by atoms with van der Waals surface area (Å²) in [5.41, 5.74) is 7.54. The zero-order valence-corrected chi connectivity index (χ0v) is 25.2. The van der Waals surface area contributed by atoms with Crippen LogP contribution in [0.25, 0.3) is 98.0 Å². The molecule has 0 saturated carbocycles. The Bertz CT molecular complexity index is 2780. The third kappa shape index (κ3) is 3.56. The van der Waals surface area contributed by atoms with Crippen LogP contribution in [0.1, 0.15) is 0 Å². The van der Waals surface area contributed by atoms with E-state index in [1.807, 2.05) is 0 Å². The van der Waals surface area contributed by atoms with Gasteiger partial charge in [-0.15, -0.1) is 0 Å². The van der Waals surface area contributed by atoms with Crippen molar-refractivity contribution in [3.8, 4) is 33.4 Å². The summed E-state index contributed by atoms with van der Waals surface area (Å²) in [7, 11) is 0. The predicted octanol–water partition coefficient (Wildman–Crippen LogP) is 13.0. The molecule has 0 aliphatic rings. The lowest BCUT2D eigenvalue weighted by atomic mass is 9.82. The summed E-state index contributed by atoms with van der Waals surface area (Å²) in [6, 6.07) is 62.7. The molecule has 0 bridgehead atoms. The fourth-order valence-corrected chi connectivity index (χ4v) is 8.06. The first-order valence-electron chi connectivity index (χ1n) is 16.0. The highest BCUT2D eigenvalue weighted by atomic mass is 14.2. The maximum atomic E-state index is 2.36. The Hall–Kier alpha value is -5.98. The first kappa shape index (κ1) is 25.4. The summed E-state index contributed by atoms with van der Waals surface area (Å²) < 4.78 is 0. The summed E-state index contributed by atoms with van der Waals surface area (Å²) in [4.78, 5) is 0. The highest BCUT2D eigenvalue weighted by molar-refractivity contribution is 6.40. The molecule has 0 atom stereocenters. The van der Waals surface area contributed by atoms with E-state index >= 15 is 0 Å². The second kappa shape index (κ2) is 9.76. The molecule has 0 heterocycles. The zero-order valence-electron chi connectivity index (χ0n) is 25.2. The molecular weight excluding hydrogens is 553 g/mol. The number of benzene rings is 10. The molecule has 0 spiro atoms. The first-order valence-corrected chi connectivity index (χ1v) is 16.0. The Morgan fingerprint density at radius 3 is 1.52 bits per heavy atom. The van der Waals surface area contributed by atoms with Gasteiger partial charge in [-0.3, -0.25) is 0 Å². The molecule has 0 saturated heterocycles. The van der Waals surface area contributed by atoms with E-state index in [2.05, 4.69) is 170 Å². The lowest BCUT2D eigenvalue weighted by Gasteiger charge is -2.21. The van der Waals surface area contributed by atoms with Crippen LogP contribution in [-0.2, 0) is 0 Å². The van der Waals surface area contributed by atoms with Crippen molar-refractivity contribution in [2.45, 2.75) is 0 Å². The molecule has 212 valence electrons. The molecule has 10 rings (SSSR count). The van der Waals surface area contributed by atoms with Crippen LogP contribution >= 0.6 is 0 Å². The quantitative estimate of drug-likeness (QED) is 0.144. The van der Waals surface area contributed by atoms with Crippen molar-refractivity contribution >= 4 is 64.6 Å². The van der Waals surface area contributed by atoms with Crippen LogP contribution in [0.5, 0.6) is 0 Å². The van der Waals surface area contributed by atoms with Crippen molar-refractivity contribution in [3.63, 3.8) is 0 Å². The molecule has 10 aromatic carbocycles. The third-order valence-electron chi connectivity index (χ3n) is 9.99. The van der Waals surface area contributed by atoms with Gasteiger partial charge in [-0.05, 0) is 104 Å². The molecule has 0 aliphatic carbocycles. The van der Waals surface area contributed by atoms with Crippen LogP contribution in [0, 0.1) is 0 Å². The molecule has 0 fully saturated rings. The van der Waals surface area contributed by atoms with Crippen molar-refractivity contribution in [1.82, 2.24) is 0 Å². The van der Waals surface area contributed by atoms with Gasteiger partial charge in [0.05, 0.1) is 0 Å². The Kier molecular flexibility index (Phi) is 5.38. The largest absolute Gasteiger partial charge is 0.0622 e. The van der Waals surface area contributed by atoms with Gasteiger partial charge >= 0.3 is 0 Å². The third-order valence-corrected chi connectivity index (χ3v) is 9.99. The second-order valence-corrected chi connectivity index (χ2v) is 12.4. The molecule has 46 heavy (non-hydrogen) atoms. The van der Waals surface area contributed by atoms with Crippen molar-refractivity contribution in [2.75, 3.05) is 0 Å². The maximum absolute atomic E-state index is 2.36. The standard InChI is InChI=1S/C46H28/c1-2-12-29(13-3-1)31-16-8-17-32(28-31)33-26-27-40(35-19-5-4-18-34(33)35)44-37-20-6-7-21-38(37)45-41-24-10-15-30-14-9-22-36(43(30)41)39-23-11-25-42(44)46(39)45/h1-28H. The van der Waals surface area contributed by atoms with Crippen LogP contribution in [0.15, 0.2) is 170 Å². The lowest BCUT2D eigenvalue weighted by molar-refractivity contribution is 1.60. The minimum atomic E-state index is 1.23. The number of hydrogen-bond acceptors (Lipinski definition) is 0. The summed E-state index contributed by atoms with van der Waals surface area (Å²) in [6.07, 6.45) is 0. The Labute approximate surface area is 267 Å². The van der Waals surface area contributed by atoms with Crippen molar-refractivity contribution in [3.05, 3.63) is 170 Å². The van der Waals surface area contributed by atoms with Gasteiger partial charge in [0.2, 0.25) is 0 Å². The van der Waals surface area contributed by atoms with Crippen LogP contribution < -0.4 is 0 Å². The van der Waals surface area contributed by atoms with Gasteiger partial charge in [0, 0.05) is 0 Å². The van der Waals surface area contributed by atoms with E-state index in [-0.39, 0.29) is 0 Å². The molecule has 0 aliphatic heterocycles. The van der Waals surface area contributed by atoms with Crippen molar-refractivity contribution < 1.29 is 0 Å². The van der Waals surface area contributed by atoms with Crippen LogP contribution in [-0.4, -0.2) is 0 Å².